The molecule has 0 aromatic heterocycles. The molecule has 0 bridgehead atoms. The van der Waals surface area contributed by atoms with E-state index in [1.54, 1.807) is 0 Å². The second kappa shape index (κ2) is 5.97. The van der Waals surface area contributed by atoms with Crippen molar-refractivity contribution in [2.45, 2.75) is 19.0 Å². The average molecular weight is 283 g/mol. The summed E-state index contributed by atoms with van der Waals surface area (Å²) < 4.78 is 10.6. The Morgan fingerprint density at radius 1 is 1.10 bits per heavy atom. The fourth-order valence-corrected chi connectivity index (χ4v) is 2.49. The third-order valence-electron chi connectivity index (χ3n) is 3.61. The average Bonchev–Trinajstić information content (AvgIpc) is 2.54. The van der Waals surface area contributed by atoms with Gasteiger partial charge in [-0.25, -0.2) is 0 Å². The summed E-state index contributed by atoms with van der Waals surface area (Å²) in [5, 5.41) is 3.18. The number of rotatable bonds is 3. The molecule has 1 aliphatic heterocycles. The van der Waals surface area contributed by atoms with Crippen LogP contribution in [-0.4, -0.2) is 19.1 Å². The molecule has 2 aromatic carbocycles. The Hall–Kier alpha value is -2.33. The van der Waals surface area contributed by atoms with Crippen LogP contribution in [0.2, 0.25) is 0 Å². The third-order valence-corrected chi connectivity index (χ3v) is 3.61. The van der Waals surface area contributed by atoms with Gasteiger partial charge in [0.15, 0.2) is 0 Å². The molecule has 1 atom stereocenters. The molecule has 3 rings (SSSR count). The molecule has 4 heteroatoms. The topological polar surface area (TPSA) is 47.6 Å². The second-order valence-electron chi connectivity index (χ2n) is 5.01. The Balaban J connectivity index is 1.79. The molecule has 0 fully saturated rings. The van der Waals surface area contributed by atoms with E-state index in [9.17, 15) is 4.79 Å². The minimum Gasteiger partial charge on any atom is -0.468 e. The Kier molecular flexibility index (Phi) is 3.88. The number of carbonyl (C=O) groups excluding carboxylic acids is 1. The lowest BCUT2D eigenvalue weighted by molar-refractivity contribution is -0.143. The molecule has 0 saturated carbocycles. The van der Waals surface area contributed by atoms with Gasteiger partial charge in [-0.3, -0.25) is 4.79 Å². The number of ether oxygens (including phenoxy) is 2. The van der Waals surface area contributed by atoms with E-state index in [2.05, 4.69) is 5.32 Å². The molecule has 21 heavy (non-hydrogen) atoms. The third kappa shape index (κ3) is 3.06. The number of nitrogens with one attached hydrogen (secondary N) is 1. The number of hydrogen-bond acceptors (Lipinski definition) is 4. The quantitative estimate of drug-likeness (QED) is 0.880. The summed E-state index contributed by atoms with van der Waals surface area (Å²) in [4.78, 5) is 11.6. The maximum Gasteiger partial charge on any atom is 0.323 e. The Labute approximate surface area is 123 Å². The Morgan fingerprint density at radius 2 is 1.90 bits per heavy atom. The van der Waals surface area contributed by atoms with Gasteiger partial charge in [0.1, 0.15) is 17.5 Å². The zero-order chi connectivity index (χ0) is 14.7. The number of para-hydroxylation sites is 1. The van der Waals surface area contributed by atoms with Crippen LogP contribution in [0.4, 0.5) is 0 Å². The Morgan fingerprint density at radius 3 is 2.67 bits per heavy atom. The molecule has 1 heterocycles. The summed E-state index contributed by atoms with van der Waals surface area (Å²) in [6.45, 7) is 0.667. The van der Waals surface area contributed by atoms with Crippen LogP contribution in [-0.2, 0) is 22.5 Å². The zero-order valence-electron chi connectivity index (χ0n) is 11.8. The SMILES string of the molecule is COC(=O)C1Cc2cc(Oc3ccccc3)ccc2CN1. The highest BCUT2D eigenvalue weighted by atomic mass is 16.5. The van der Waals surface area contributed by atoms with Crippen LogP contribution in [0.25, 0.3) is 0 Å². The minimum absolute atomic E-state index is 0.227. The molecule has 108 valence electrons. The van der Waals surface area contributed by atoms with E-state index in [0.717, 1.165) is 17.1 Å². The second-order valence-corrected chi connectivity index (χ2v) is 5.01. The van der Waals surface area contributed by atoms with Crippen LogP contribution < -0.4 is 10.1 Å². The summed E-state index contributed by atoms with van der Waals surface area (Å²) in [7, 11) is 1.41. The molecule has 0 amide bonds. The normalized spacial score (nSPS) is 16.9. The van der Waals surface area contributed by atoms with Crippen molar-refractivity contribution in [3.05, 3.63) is 59.7 Å². The Bertz CT molecular complexity index is 640. The first-order chi connectivity index (χ1) is 10.3. The van der Waals surface area contributed by atoms with Crippen LogP contribution in [0.5, 0.6) is 11.5 Å². The van der Waals surface area contributed by atoms with Gasteiger partial charge in [-0.05, 0) is 41.8 Å². The van der Waals surface area contributed by atoms with Crippen molar-refractivity contribution in [2.75, 3.05) is 7.11 Å². The summed E-state index contributed by atoms with van der Waals surface area (Å²) in [5.41, 5.74) is 2.31. The molecule has 2 aromatic rings. The van der Waals surface area contributed by atoms with E-state index in [-0.39, 0.29) is 12.0 Å². The molecule has 1 N–H and O–H groups in total. The van der Waals surface area contributed by atoms with Crippen molar-refractivity contribution in [1.82, 2.24) is 5.32 Å². The fraction of sp³-hybridized carbons (Fsp3) is 0.235. The van der Waals surface area contributed by atoms with Crippen LogP contribution in [0.1, 0.15) is 11.1 Å². The van der Waals surface area contributed by atoms with Crippen molar-refractivity contribution in [2.24, 2.45) is 0 Å². The standard InChI is InChI=1S/C17H17NO3/c1-20-17(19)16-10-13-9-15(8-7-12(13)11-18-16)21-14-5-3-2-4-6-14/h2-9,16,18H,10-11H2,1H3. The first-order valence-electron chi connectivity index (χ1n) is 6.92. The predicted octanol–water partition coefficient (Wildman–Crippen LogP) is 2.67. The summed E-state index contributed by atoms with van der Waals surface area (Å²) in [5.74, 6) is 1.36. The maximum atomic E-state index is 11.6. The number of fused-ring (bicyclic) bond motifs is 1. The summed E-state index contributed by atoms with van der Waals surface area (Å²) in [6, 6.07) is 15.4. The van der Waals surface area contributed by atoms with Crippen LogP contribution in [0.3, 0.4) is 0 Å². The molecular formula is C17H17NO3. The van der Waals surface area contributed by atoms with Gasteiger partial charge >= 0.3 is 5.97 Å². The molecule has 1 unspecified atom stereocenters. The van der Waals surface area contributed by atoms with Gasteiger partial charge in [-0.1, -0.05) is 24.3 Å². The number of benzene rings is 2. The highest BCUT2D eigenvalue weighted by Gasteiger charge is 2.24. The first-order valence-corrected chi connectivity index (χ1v) is 6.92. The van der Waals surface area contributed by atoms with Crippen LogP contribution in [0.15, 0.2) is 48.5 Å². The number of hydrogen-bond donors (Lipinski definition) is 1. The van der Waals surface area contributed by atoms with Crippen molar-refractivity contribution in [3.63, 3.8) is 0 Å². The largest absolute Gasteiger partial charge is 0.468 e. The van der Waals surface area contributed by atoms with Gasteiger partial charge in [-0.15, -0.1) is 0 Å². The maximum absolute atomic E-state index is 11.6. The lowest BCUT2D eigenvalue weighted by Crippen LogP contribution is -2.42. The molecule has 0 spiro atoms. The van der Waals surface area contributed by atoms with Crippen molar-refractivity contribution in [1.29, 1.82) is 0 Å². The summed E-state index contributed by atoms with van der Waals surface area (Å²) >= 11 is 0. The summed E-state index contributed by atoms with van der Waals surface area (Å²) in [6.07, 6.45) is 0.619. The number of esters is 1. The zero-order valence-corrected chi connectivity index (χ0v) is 11.8. The highest BCUT2D eigenvalue weighted by Crippen LogP contribution is 2.26. The van der Waals surface area contributed by atoms with Gasteiger partial charge in [0.2, 0.25) is 0 Å². The molecule has 1 aliphatic rings. The molecule has 0 saturated heterocycles. The molecule has 0 radical (unpaired) electrons. The number of methoxy groups -OCH3 is 1. The molecule has 0 aliphatic carbocycles. The van der Waals surface area contributed by atoms with Crippen molar-refractivity contribution < 1.29 is 14.3 Å². The fourth-order valence-electron chi connectivity index (χ4n) is 2.49. The van der Waals surface area contributed by atoms with Gasteiger partial charge in [0.05, 0.1) is 7.11 Å². The van der Waals surface area contributed by atoms with Gasteiger partial charge in [0, 0.05) is 6.54 Å². The van der Waals surface area contributed by atoms with E-state index < -0.39 is 0 Å². The van der Waals surface area contributed by atoms with E-state index in [1.807, 2.05) is 48.5 Å². The lowest BCUT2D eigenvalue weighted by atomic mass is 9.95. The highest BCUT2D eigenvalue weighted by molar-refractivity contribution is 5.76. The lowest BCUT2D eigenvalue weighted by Gasteiger charge is -2.24. The van der Waals surface area contributed by atoms with Gasteiger partial charge in [-0.2, -0.15) is 0 Å². The van der Waals surface area contributed by atoms with Gasteiger partial charge < -0.3 is 14.8 Å². The molecule has 4 nitrogen and oxygen atoms in total. The van der Waals surface area contributed by atoms with Crippen LogP contribution in [0, 0.1) is 0 Å². The van der Waals surface area contributed by atoms with Crippen molar-refractivity contribution in [3.8, 4) is 11.5 Å². The monoisotopic (exact) mass is 283 g/mol. The van der Waals surface area contributed by atoms with Crippen molar-refractivity contribution >= 4 is 5.97 Å². The predicted molar refractivity (Wildman–Crippen MR) is 79.3 cm³/mol. The van der Waals surface area contributed by atoms with Crippen LogP contribution >= 0.6 is 0 Å². The number of carbonyl (C=O) groups is 1. The van der Waals surface area contributed by atoms with Gasteiger partial charge in [0.25, 0.3) is 0 Å². The van der Waals surface area contributed by atoms with E-state index in [0.29, 0.717) is 13.0 Å². The van der Waals surface area contributed by atoms with E-state index in [1.165, 1.54) is 12.7 Å². The first kappa shape index (κ1) is 13.6. The smallest absolute Gasteiger partial charge is 0.323 e. The van der Waals surface area contributed by atoms with E-state index in [4.69, 9.17) is 9.47 Å². The van der Waals surface area contributed by atoms with E-state index >= 15 is 0 Å². The molecular weight excluding hydrogens is 266 g/mol. The minimum atomic E-state index is -0.283.